The second kappa shape index (κ2) is 2.79. The molecule has 1 aliphatic rings. The van der Waals surface area contributed by atoms with Crippen molar-refractivity contribution in [3.8, 4) is 5.75 Å². The third-order valence-electron chi connectivity index (χ3n) is 1.83. The van der Waals surface area contributed by atoms with Crippen LogP contribution in [0.1, 0.15) is 16.8 Å². The quantitative estimate of drug-likeness (QED) is 0.616. The van der Waals surface area contributed by atoms with Crippen LogP contribution in [-0.4, -0.2) is 12.4 Å². The van der Waals surface area contributed by atoms with E-state index in [1.54, 1.807) is 18.2 Å². The summed E-state index contributed by atoms with van der Waals surface area (Å²) in [6.07, 6.45) is 0.452. The fourth-order valence-corrected chi connectivity index (χ4v) is 1.41. The second-order valence-electron chi connectivity index (χ2n) is 2.66. The van der Waals surface area contributed by atoms with Crippen LogP contribution in [0.5, 0.6) is 5.75 Å². The van der Waals surface area contributed by atoms with E-state index in [4.69, 9.17) is 16.3 Å². The lowest BCUT2D eigenvalue weighted by Gasteiger charge is -2.15. The monoisotopic (exact) mass is 182 g/mol. The number of carbonyl (C=O) groups excluding carboxylic acids is 1. The molecule has 1 heterocycles. The number of halogens is 1. The van der Waals surface area contributed by atoms with Gasteiger partial charge in [0, 0.05) is 11.4 Å². The van der Waals surface area contributed by atoms with Gasteiger partial charge in [-0.3, -0.25) is 4.79 Å². The molecule has 2 rings (SSSR count). The van der Waals surface area contributed by atoms with Gasteiger partial charge in [-0.1, -0.05) is 11.6 Å². The minimum absolute atomic E-state index is 0.110. The topological polar surface area (TPSA) is 26.3 Å². The maximum atomic E-state index is 11.3. The summed E-state index contributed by atoms with van der Waals surface area (Å²) in [4.78, 5) is 11.3. The van der Waals surface area contributed by atoms with Crippen molar-refractivity contribution in [2.75, 3.05) is 6.61 Å². The van der Waals surface area contributed by atoms with Gasteiger partial charge < -0.3 is 4.74 Å². The molecule has 0 atom stereocenters. The SMILES string of the molecule is O=C1CCOc2ccc(Cl)cc21. The van der Waals surface area contributed by atoms with E-state index in [1.807, 2.05) is 0 Å². The summed E-state index contributed by atoms with van der Waals surface area (Å²) >= 11 is 5.73. The van der Waals surface area contributed by atoms with Crippen LogP contribution in [0, 0.1) is 0 Å². The molecule has 0 saturated carbocycles. The molecule has 3 heteroatoms. The Kier molecular flexibility index (Phi) is 1.77. The molecule has 1 aromatic rings. The number of hydrogen-bond donors (Lipinski definition) is 0. The molecular formula is C9H7ClO2. The molecule has 0 bridgehead atoms. The normalized spacial score (nSPS) is 15.2. The van der Waals surface area contributed by atoms with Crippen molar-refractivity contribution in [2.45, 2.75) is 6.42 Å². The average molecular weight is 183 g/mol. The van der Waals surface area contributed by atoms with E-state index in [0.29, 0.717) is 29.4 Å². The summed E-state index contributed by atoms with van der Waals surface area (Å²) < 4.78 is 5.27. The first-order valence-electron chi connectivity index (χ1n) is 3.73. The highest BCUT2D eigenvalue weighted by Crippen LogP contribution is 2.27. The Bertz CT molecular complexity index is 333. The summed E-state index contributed by atoms with van der Waals surface area (Å²) in [6.45, 7) is 0.480. The predicted molar refractivity (Wildman–Crippen MR) is 45.9 cm³/mol. The van der Waals surface area contributed by atoms with E-state index in [1.165, 1.54) is 0 Å². The van der Waals surface area contributed by atoms with Gasteiger partial charge in [0.1, 0.15) is 5.75 Å². The number of hydrogen-bond acceptors (Lipinski definition) is 2. The highest BCUT2D eigenvalue weighted by atomic mass is 35.5. The highest BCUT2D eigenvalue weighted by Gasteiger charge is 2.17. The Morgan fingerprint density at radius 3 is 3.08 bits per heavy atom. The lowest BCUT2D eigenvalue weighted by atomic mass is 10.1. The molecular weight excluding hydrogens is 176 g/mol. The second-order valence-corrected chi connectivity index (χ2v) is 3.10. The zero-order valence-electron chi connectivity index (χ0n) is 6.34. The van der Waals surface area contributed by atoms with Crippen molar-refractivity contribution < 1.29 is 9.53 Å². The molecule has 0 fully saturated rings. The van der Waals surface area contributed by atoms with Crippen molar-refractivity contribution in [1.82, 2.24) is 0 Å². The molecule has 12 heavy (non-hydrogen) atoms. The molecule has 0 amide bonds. The van der Waals surface area contributed by atoms with E-state index in [-0.39, 0.29) is 5.78 Å². The van der Waals surface area contributed by atoms with Gasteiger partial charge in [-0.25, -0.2) is 0 Å². The molecule has 2 nitrogen and oxygen atoms in total. The minimum Gasteiger partial charge on any atom is -0.492 e. The first kappa shape index (κ1) is 7.62. The smallest absolute Gasteiger partial charge is 0.170 e. The van der Waals surface area contributed by atoms with Crippen LogP contribution >= 0.6 is 11.6 Å². The molecule has 0 N–H and O–H groups in total. The zero-order valence-corrected chi connectivity index (χ0v) is 7.10. The fraction of sp³-hybridized carbons (Fsp3) is 0.222. The molecule has 62 valence electrons. The van der Waals surface area contributed by atoms with E-state index in [9.17, 15) is 4.79 Å². The largest absolute Gasteiger partial charge is 0.492 e. The van der Waals surface area contributed by atoms with Gasteiger partial charge in [-0.2, -0.15) is 0 Å². The minimum atomic E-state index is 0.110. The van der Waals surface area contributed by atoms with Crippen LogP contribution in [0.15, 0.2) is 18.2 Å². The standard InChI is InChI=1S/C9H7ClO2/c10-6-1-2-9-7(5-6)8(11)3-4-12-9/h1-2,5H,3-4H2. The Morgan fingerprint density at radius 2 is 2.25 bits per heavy atom. The van der Waals surface area contributed by atoms with Gasteiger partial charge in [0.15, 0.2) is 5.78 Å². The first-order valence-corrected chi connectivity index (χ1v) is 4.11. The van der Waals surface area contributed by atoms with Crippen LogP contribution in [0.25, 0.3) is 0 Å². The van der Waals surface area contributed by atoms with Crippen molar-refractivity contribution >= 4 is 17.4 Å². The van der Waals surface area contributed by atoms with Gasteiger partial charge in [0.05, 0.1) is 12.2 Å². The predicted octanol–water partition coefficient (Wildman–Crippen LogP) is 2.31. The molecule has 0 saturated heterocycles. The average Bonchev–Trinajstić information content (AvgIpc) is 2.07. The van der Waals surface area contributed by atoms with Crippen LogP contribution in [0.3, 0.4) is 0 Å². The van der Waals surface area contributed by atoms with Crippen LogP contribution in [-0.2, 0) is 0 Å². The van der Waals surface area contributed by atoms with Gasteiger partial charge >= 0.3 is 0 Å². The zero-order chi connectivity index (χ0) is 8.55. The number of ether oxygens (including phenoxy) is 1. The molecule has 1 aromatic carbocycles. The summed E-state index contributed by atoms with van der Waals surface area (Å²) in [5, 5.41) is 0.576. The Balaban J connectivity index is 2.54. The van der Waals surface area contributed by atoms with Gasteiger partial charge in [-0.05, 0) is 18.2 Å². The molecule has 1 aliphatic heterocycles. The maximum absolute atomic E-state index is 11.3. The van der Waals surface area contributed by atoms with E-state index in [2.05, 4.69) is 0 Å². The van der Waals surface area contributed by atoms with Crippen LogP contribution in [0.4, 0.5) is 0 Å². The summed E-state index contributed by atoms with van der Waals surface area (Å²) in [5.41, 5.74) is 0.605. The molecule has 0 spiro atoms. The summed E-state index contributed by atoms with van der Waals surface area (Å²) in [5.74, 6) is 0.759. The number of rotatable bonds is 0. The summed E-state index contributed by atoms with van der Waals surface area (Å²) in [7, 11) is 0. The first-order chi connectivity index (χ1) is 5.77. The lowest BCUT2D eigenvalue weighted by Crippen LogP contribution is -2.14. The van der Waals surface area contributed by atoms with Crippen LogP contribution < -0.4 is 4.74 Å². The molecule has 0 unspecified atom stereocenters. The van der Waals surface area contributed by atoms with Crippen molar-refractivity contribution in [3.63, 3.8) is 0 Å². The third-order valence-corrected chi connectivity index (χ3v) is 2.06. The van der Waals surface area contributed by atoms with Gasteiger partial charge in [0.25, 0.3) is 0 Å². The number of fused-ring (bicyclic) bond motifs is 1. The number of ketones is 1. The van der Waals surface area contributed by atoms with Gasteiger partial charge in [0.2, 0.25) is 0 Å². The van der Waals surface area contributed by atoms with Crippen molar-refractivity contribution in [1.29, 1.82) is 0 Å². The van der Waals surface area contributed by atoms with E-state index in [0.717, 1.165) is 0 Å². The Labute approximate surface area is 75.1 Å². The third kappa shape index (κ3) is 1.18. The number of benzene rings is 1. The maximum Gasteiger partial charge on any atom is 0.170 e. The number of Topliss-reactive ketones (excluding diaryl/α,β-unsaturated/α-hetero) is 1. The van der Waals surface area contributed by atoms with E-state index < -0.39 is 0 Å². The van der Waals surface area contributed by atoms with Gasteiger partial charge in [-0.15, -0.1) is 0 Å². The molecule has 0 aromatic heterocycles. The lowest BCUT2D eigenvalue weighted by molar-refractivity contribution is 0.0933. The van der Waals surface area contributed by atoms with E-state index >= 15 is 0 Å². The Hall–Kier alpha value is -1.02. The fourth-order valence-electron chi connectivity index (χ4n) is 1.23. The Morgan fingerprint density at radius 1 is 1.42 bits per heavy atom. The van der Waals surface area contributed by atoms with Crippen LogP contribution in [0.2, 0.25) is 5.02 Å². The van der Waals surface area contributed by atoms with Crippen molar-refractivity contribution in [2.24, 2.45) is 0 Å². The molecule has 0 radical (unpaired) electrons. The summed E-state index contributed by atoms with van der Waals surface area (Å²) in [6, 6.07) is 5.10. The highest BCUT2D eigenvalue weighted by molar-refractivity contribution is 6.31. The number of carbonyl (C=O) groups is 1. The van der Waals surface area contributed by atoms with Crippen molar-refractivity contribution in [3.05, 3.63) is 28.8 Å². The molecule has 0 aliphatic carbocycles.